The highest BCUT2D eigenvalue weighted by molar-refractivity contribution is 5.99. The van der Waals surface area contributed by atoms with E-state index < -0.39 is 23.9 Å². The summed E-state index contributed by atoms with van der Waals surface area (Å²) in [5.74, 6) is -1.20. The van der Waals surface area contributed by atoms with Crippen LogP contribution in [0.4, 0.5) is 5.69 Å². The third-order valence-corrected chi connectivity index (χ3v) is 3.54. The maximum atomic E-state index is 12.2. The summed E-state index contributed by atoms with van der Waals surface area (Å²) >= 11 is 0. The summed E-state index contributed by atoms with van der Waals surface area (Å²) in [6, 6.07) is 15.6. The molecule has 1 atom stereocenters. The van der Waals surface area contributed by atoms with Crippen LogP contribution >= 0.6 is 0 Å². The highest BCUT2D eigenvalue weighted by Crippen LogP contribution is 2.17. The topological polar surface area (TPSA) is 93.7 Å². The van der Waals surface area contributed by atoms with Crippen LogP contribution in [0, 0.1) is 0 Å². The number of benzene rings is 2. The molecule has 0 aliphatic rings. The van der Waals surface area contributed by atoms with Crippen LogP contribution in [-0.4, -0.2) is 37.0 Å². The first-order chi connectivity index (χ1) is 13.0. The highest BCUT2D eigenvalue weighted by atomic mass is 16.5. The number of esters is 1. The average Bonchev–Trinajstić information content (AvgIpc) is 2.67. The SMILES string of the molecule is CCOc1ccccc1C(=O)NCC(=O)O[C@@H](C)C(=O)Nc1ccccc1. The third kappa shape index (κ3) is 6.14. The van der Waals surface area contributed by atoms with Gasteiger partial charge in [0, 0.05) is 5.69 Å². The Morgan fingerprint density at radius 2 is 1.67 bits per heavy atom. The third-order valence-electron chi connectivity index (χ3n) is 3.54. The number of carbonyl (C=O) groups is 3. The summed E-state index contributed by atoms with van der Waals surface area (Å²) in [6.07, 6.45) is -0.995. The molecule has 0 aliphatic heterocycles. The van der Waals surface area contributed by atoms with Gasteiger partial charge in [0.25, 0.3) is 11.8 Å². The minimum atomic E-state index is -0.995. The van der Waals surface area contributed by atoms with E-state index >= 15 is 0 Å². The lowest BCUT2D eigenvalue weighted by Crippen LogP contribution is -2.36. The van der Waals surface area contributed by atoms with Gasteiger partial charge in [-0.1, -0.05) is 30.3 Å². The first-order valence-corrected chi connectivity index (χ1v) is 8.56. The monoisotopic (exact) mass is 370 g/mol. The summed E-state index contributed by atoms with van der Waals surface area (Å²) in [4.78, 5) is 36.2. The Hall–Kier alpha value is -3.35. The number of amides is 2. The van der Waals surface area contributed by atoms with Crippen LogP contribution in [0.15, 0.2) is 54.6 Å². The lowest BCUT2D eigenvalue weighted by Gasteiger charge is -2.14. The van der Waals surface area contributed by atoms with Crippen molar-refractivity contribution in [3.63, 3.8) is 0 Å². The number of hydrogen-bond acceptors (Lipinski definition) is 5. The van der Waals surface area contributed by atoms with Gasteiger partial charge in [0.2, 0.25) is 0 Å². The second-order valence-corrected chi connectivity index (χ2v) is 5.60. The number of anilines is 1. The Balaban J connectivity index is 1.83. The van der Waals surface area contributed by atoms with Crippen LogP contribution < -0.4 is 15.4 Å². The van der Waals surface area contributed by atoms with Crippen LogP contribution in [0.3, 0.4) is 0 Å². The summed E-state index contributed by atoms with van der Waals surface area (Å²) in [5.41, 5.74) is 0.924. The van der Waals surface area contributed by atoms with Crippen molar-refractivity contribution in [3.8, 4) is 5.75 Å². The van der Waals surface area contributed by atoms with Crippen LogP contribution in [-0.2, 0) is 14.3 Å². The first kappa shape index (κ1) is 20.0. The highest BCUT2D eigenvalue weighted by Gasteiger charge is 2.19. The van der Waals surface area contributed by atoms with Crippen molar-refractivity contribution in [2.45, 2.75) is 20.0 Å². The molecule has 2 N–H and O–H groups in total. The molecule has 0 fully saturated rings. The molecule has 0 heterocycles. The summed E-state index contributed by atoms with van der Waals surface area (Å²) in [6.45, 7) is 3.33. The van der Waals surface area contributed by atoms with Gasteiger partial charge in [-0.3, -0.25) is 14.4 Å². The molecule has 0 unspecified atom stereocenters. The van der Waals surface area contributed by atoms with Gasteiger partial charge < -0.3 is 20.1 Å². The Morgan fingerprint density at radius 1 is 1.00 bits per heavy atom. The number of nitrogens with one attached hydrogen (secondary N) is 2. The quantitative estimate of drug-likeness (QED) is 0.696. The number of rotatable bonds is 8. The fourth-order valence-corrected chi connectivity index (χ4v) is 2.24. The van der Waals surface area contributed by atoms with E-state index in [9.17, 15) is 14.4 Å². The standard InChI is InChI=1S/C20H22N2O5/c1-3-26-17-12-8-7-11-16(17)20(25)21-13-18(23)27-14(2)19(24)22-15-9-5-4-6-10-15/h4-12,14H,3,13H2,1-2H3,(H,21,25)(H,22,24)/t14-/m0/s1. The summed E-state index contributed by atoms with van der Waals surface area (Å²) < 4.78 is 10.4. The zero-order valence-electron chi connectivity index (χ0n) is 15.2. The largest absolute Gasteiger partial charge is 0.493 e. The molecular weight excluding hydrogens is 348 g/mol. The molecule has 2 rings (SSSR count). The van der Waals surface area contributed by atoms with Gasteiger partial charge in [-0.2, -0.15) is 0 Å². The maximum Gasteiger partial charge on any atom is 0.326 e. The molecule has 2 amide bonds. The summed E-state index contributed by atoms with van der Waals surface area (Å²) in [5, 5.41) is 5.11. The van der Waals surface area contributed by atoms with E-state index in [0.29, 0.717) is 23.6 Å². The second kappa shape index (κ2) is 9.96. The molecule has 27 heavy (non-hydrogen) atoms. The van der Waals surface area contributed by atoms with E-state index in [1.165, 1.54) is 6.92 Å². The van der Waals surface area contributed by atoms with Crippen molar-refractivity contribution in [2.24, 2.45) is 0 Å². The molecule has 0 bridgehead atoms. The van der Waals surface area contributed by atoms with Gasteiger partial charge in [-0.25, -0.2) is 0 Å². The van der Waals surface area contributed by atoms with Crippen LogP contribution in [0.25, 0.3) is 0 Å². The average molecular weight is 370 g/mol. The van der Waals surface area contributed by atoms with Gasteiger partial charge in [0.1, 0.15) is 12.3 Å². The molecule has 0 aliphatic carbocycles. The van der Waals surface area contributed by atoms with E-state index in [1.54, 1.807) is 48.5 Å². The second-order valence-electron chi connectivity index (χ2n) is 5.60. The molecule has 7 heteroatoms. The van der Waals surface area contributed by atoms with Crippen molar-refractivity contribution in [2.75, 3.05) is 18.5 Å². The van der Waals surface area contributed by atoms with Crippen molar-refractivity contribution >= 4 is 23.5 Å². The van der Waals surface area contributed by atoms with E-state index in [0.717, 1.165) is 0 Å². The molecule has 0 saturated carbocycles. The number of para-hydroxylation sites is 2. The van der Waals surface area contributed by atoms with Gasteiger partial charge >= 0.3 is 5.97 Å². The molecule has 0 saturated heterocycles. The first-order valence-electron chi connectivity index (χ1n) is 8.56. The van der Waals surface area contributed by atoms with E-state index in [4.69, 9.17) is 9.47 Å². The fraction of sp³-hybridized carbons (Fsp3) is 0.250. The minimum Gasteiger partial charge on any atom is -0.493 e. The number of hydrogen-bond donors (Lipinski definition) is 2. The molecule has 0 spiro atoms. The van der Waals surface area contributed by atoms with Crippen molar-refractivity contribution in [3.05, 3.63) is 60.2 Å². The zero-order valence-corrected chi connectivity index (χ0v) is 15.2. The molecule has 0 radical (unpaired) electrons. The number of carbonyl (C=O) groups excluding carboxylic acids is 3. The molecule has 142 valence electrons. The van der Waals surface area contributed by atoms with Crippen molar-refractivity contribution in [1.82, 2.24) is 5.32 Å². The molecular formula is C20H22N2O5. The Kier molecular flexibility index (Phi) is 7.37. The van der Waals surface area contributed by atoms with Gasteiger partial charge in [0.15, 0.2) is 6.10 Å². The maximum absolute atomic E-state index is 12.2. The molecule has 2 aromatic rings. The normalized spacial score (nSPS) is 11.2. The Labute approximate surface area is 157 Å². The predicted molar refractivity (Wildman–Crippen MR) is 101 cm³/mol. The predicted octanol–water partition coefficient (Wildman–Crippen LogP) is 2.39. The Bertz CT molecular complexity index is 792. The zero-order chi connectivity index (χ0) is 19.6. The lowest BCUT2D eigenvalue weighted by atomic mass is 10.2. The number of ether oxygens (including phenoxy) is 2. The van der Waals surface area contributed by atoms with E-state index in [1.807, 2.05) is 13.0 Å². The van der Waals surface area contributed by atoms with Crippen molar-refractivity contribution in [1.29, 1.82) is 0 Å². The fourth-order valence-electron chi connectivity index (χ4n) is 2.24. The smallest absolute Gasteiger partial charge is 0.326 e. The van der Waals surface area contributed by atoms with Gasteiger partial charge in [-0.15, -0.1) is 0 Å². The molecule has 2 aromatic carbocycles. The van der Waals surface area contributed by atoms with Gasteiger partial charge in [-0.05, 0) is 38.1 Å². The van der Waals surface area contributed by atoms with Gasteiger partial charge in [0.05, 0.1) is 12.2 Å². The van der Waals surface area contributed by atoms with E-state index in [2.05, 4.69) is 10.6 Å². The molecule has 7 nitrogen and oxygen atoms in total. The Morgan fingerprint density at radius 3 is 2.37 bits per heavy atom. The van der Waals surface area contributed by atoms with Crippen molar-refractivity contribution < 1.29 is 23.9 Å². The minimum absolute atomic E-state index is 0.321. The summed E-state index contributed by atoms with van der Waals surface area (Å²) in [7, 11) is 0. The lowest BCUT2D eigenvalue weighted by molar-refractivity contribution is -0.152. The van der Waals surface area contributed by atoms with Crippen LogP contribution in [0.2, 0.25) is 0 Å². The molecule has 0 aromatic heterocycles. The van der Waals surface area contributed by atoms with Crippen LogP contribution in [0.1, 0.15) is 24.2 Å². The van der Waals surface area contributed by atoms with E-state index in [-0.39, 0.29) is 6.54 Å². The van der Waals surface area contributed by atoms with Crippen LogP contribution in [0.5, 0.6) is 5.75 Å².